The molecule has 0 bridgehead atoms. The summed E-state index contributed by atoms with van der Waals surface area (Å²) in [5, 5.41) is 2.60. The van der Waals surface area contributed by atoms with Gasteiger partial charge >= 0.3 is 6.03 Å². The zero-order valence-corrected chi connectivity index (χ0v) is 13.7. The van der Waals surface area contributed by atoms with Gasteiger partial charge in [0.1, 0.15) is 0 Å². The van der Waals surface area contributed by atoms with E-state index in [0.29, 0.717) is 13.0 Å². The third-order valence-electron chi connectivity index (χ3n) is 3.05. The number of hydrogen-bond acceptors (Lipinski definition) is 4. The highest BCUT2D eigenvalue weighted by molar-refractivity contribution is 7.90. The molecule has 2 rings (SSSR count). The molecule has 2 amide bonds. The summed E-state index contributed by atoms with van der Waals surface area (Å²) in [4.78, 5) is 11.6. The summed E-state index contributed by atoms with van der Waals surface area (Å²) in [5.41, 5.74) is 6.83. The highest BCUT2D eigenvalue weighted by atomic mass is 35.5. The minimum absolute atomic E-state index is 0.109. The van der Waals surface area contributed by atoms with Crippen molar-refractivity contribution in [2.45, 2.75) is 11.3 Å². The summed E-state index contributed by atoms with van der Waals surface area (Å²) < 4.78 is 26.1. The number of halogens is 1. The number of nitrogens with one attached hydrogen (secondary N) is 2. The molecule has 0 aliphatic rings. The second-order valence-electron chi connectivity index (χ2n) is 4.78. The van der Waals surface area contributed by atoms with E-state index in [-0.39, 0.29) is 15.6 Å². The second-order valence-corrected chi connectivity index (χ2v) is 6.87. The molecule has 0 saturated carbocycles. The number of hydrogen-bond donors (Lipinski definition) is 3. The average Bonchev–Trinajstić information content (AvgIpc) is 2.50. The molecule has 6 nitrogen and oxygen atoms in total. The Bertz CT molecular complexity index is 795. The van der Waals surface area contributed by atoms with Gasteiger partial charge in [-0.05, 0) is 30.2 Å². The van der Waals surface area contributed by atoms with Gasteiger partial charge in [-0.15, -0.1) is 0 Å². The Morgan fingerprint density at radius 2 is 1.83 bits per heavy atom. The lowest BCUT2D eigenvalue weighted by Crippen LogP contribution is -2.40. The first-order chi connectivity index (χ1) is 10.9. The van der Waals surface area contributed by atoms with Crippen LogP contribution in [0.1, 0.15) is 5.56 Å². The summed E-state index contributed by atoms with van der Waals surface area (Å²) >= 11 is 5.79. The van der Waals surface area contributed by atoms with Crippen LogP contribution in [0, 0.1) is 0 Å². The molecule has 122 valence electrons. The Balaban J connectivity index is 1.92. The minimum Gasteiger partial charge on any atom is -0.398 e. The number of carbonyl (C=O) groups excluding carboxylic acids is 1. The molecular formula is C15H16ClN3O3S. The first kappa shape index (κ1) is 17.1. The van der Waals surface area contributed by atoms with Crippen molar-refractivity contribution in [3.63, 3.8) is 0 Å². The van der Waals surface area contributed by atoms with Gasteiger partial charge in [-0.3, -0.25) is 0 Å². The molecule has 0 atom stereocenters. The van der Waals surface area contributed by atoms with Gasteiger partial charge in [0, 0.05) is 6.54 Å². The van der Waals surface area contributed by atoms with E-state index in [2.05, 4.69) is 5.32 Å². The fraction of sp³-hybridized carbons (Fsp3) is 0.133. The standard InChI is InChI=1S/C15H16ClN3O3S/c16-13-10-12(6-7-14(13)17)23(21,22)19-15(20)18-9-8-11-4-2-1-3-5-11/h1-7,10H,8-9,17H2,(H2,18,19,20). The van der Waals surface area contributed by atoms with Gasteiger partial charge in [0.2, 0.25) is 0 Å². The maximum absolute atomic E-state index is 12.1. The van der Waals surface area contributed by atoms with Gasteiger partial charge in [0.15, 0.2) is 0 Å². The van der Waals surface area contributed by atoms with E-state index in [0.717, 1.165) is 5.56 Å². The number of rotatable bonds is 5. The molecule has 0 radical (unpaired) electrons. The number of nitrogen functional groups attached to an aromatic ring is 1. The van der Waals surface area contributed by atoms with Crippen molar-refractivity contribution >= 4 is 33.3 Å². The zero-order chi connectivity index (χ0) is 16.9. The summed E-state index contributed by atoms with van der Waals surface area (Å²) in [6.07, 6.45) is 0.599. The minimum atomic E-state index is -4.00. The largest absolute Gasteiger partial charge is 0.398 e. The molecule has 0 aromatic heterocycles. The number of nitrogens with two attached hydrogens (primary N) is 1. The lowest BCUT2D eigenvalue weighted by molar-refractivity contribution is 0.246. The Morgan fingerprint density at radius 3 is 2.48 bits per heavy atom. The van der Waals surface area contributed by atoms with E-state index in [1.54, 1.807) is 0 Å². The Hall–Kier alpha value is -2.25. The average molecular weight is 354 g/mol. The van der Waals surface area contributed by atoms with Crippen LogP contribution in [-0.4, -0.2) is 21.0 Å². The first-order valence-corrected chi connectivity index (χ1v) is 8.64. The van der Waals surface area contributed by atoms with Crippen molar-refractivity contribution in [2.75, 3.05) is 12.3 Å². The van der Waals surface area contributed by atoms with Crippen LogP contribution in [0.2, 0.25) is 5.02 Å². The van der Waals surface area contributed by atoms with Gasteiger partial charge < -0.3 is 11.1 Å². The molecule has 2 aromatic carbocycles. The molecule has 23 heavy (non-hydrogen) atoms. The zero-order valence-electron chi connectivity index (χ0n) is 12.1. The molecule has 0 aliphatic heterocycles. The molecule has 0 spiro atoms. The SMILES string of the molecule is Nc1ccc(S(=O)(=O)NC(=O)NCCc2ccccc2)cc1Cl. The molecule has 0 heterocycles. The number of benzene rings is 2. The van der Waals surface area contributed by atoms with E-state index in [4.69, 9.17) is 17.3 Å². The van der Waals surface area contributed by atoms with Crippen LogP contribution >= 0.6 is 11.6 Å². The number of sulfonamides is 1. The molecule has 0 aliphatic carbocycles. The molecular weight excluding hydrogens is 338 g/mol. The van der Waals surface area contributed by atoms with Crippen LogP contribution in [0.15, 0.2) is 53.4 Å². The van der Waals surface area contributed by atoms with Crippen molar-refractivity contribution in [3.05, 3.63) is 59.1 Å². The maximum atomic E-state index is 12.1. The number of carbonyl (C=O) groups is 1. The first-order valence-electron chi connectivity index (χ1n) is 6.78. The normalized spacial score (nSPS) is 11.0. The lowest BCUT2D eigenvalue weighted by Gasteiger charge is -2.09. The lowest BCUT2D eigenvalue weighted by atomic mass is 10.1. The topological polar surface area (TPSA) is 101 Å². The number of urea groups is 1. The highest BCUT2D eigenvalue weighted by Gasteiger charge is 2.18. The Morgan fingerprint density at radius 1 is 1.13 bits per heavy atom. The number of anilines is 1. The Labute approximate surface area is 139 Å². The predicted molar refractivity (Wildman–Crippen MR) is 89.7 cm³/mol. The van der Waals surface area contributed by atoms with Crippen molar-refractivity contribution < 1.29 is 13.2 Å². The molecule has 0 unspecified atom stereocenters. The Kier molecular flexibility index (Phi) is 5.46. The molecule has 0 fully saturated rings. The van der Waals surface area contributed by atoms with E-state index in [1.165, 1.54) is 18.2 Å². The molecule has 2 aromatic rings. The van der Waals surface area contributed by atoms with E-state index in [1.807, 2.05) is 35.1 Å². The third-order valence-corrected chi connectivity index (χ3v) is 4.71. The molecule has 4 N–H and O–H groups in total. The van der Waals surface area contributed by atoms with Crippen LogP contribution in [0.25, 0.3) is 0 Å². The van der Waals surface area contributed by atoms with Crippen molar-refractivity contribution in [3.8, 4) is 0 Å². The quantitative estimate of drug-likeness (QED) is 0.717. The van der Waals surface area contributed by atoms with E-state index in [9.17, 15) is 13.2 Å². The smallest absolute Gasteiger partial charge is 0.328 e. The predicted octanol–water partition coefficient (Wildman–Crippen LogP) is 2.15. The van der Waals surface area contributed by atoms with Crippen LogP contribution in [0.3, 0.4) is 0 Å². The van der Waals surface area contributed by atoms with E-state index < -0.39 is 16.1 Å². The molecule has 8 heteroatoms. The second kappa shape index (κ2) is 7.34. The van der Waals surface area contributed by atoms with E-state index >= 15 is 0 Å². The molecule has 0 saturated heterocycles. The van der Waals surface area contributed by atoms with Crippen LogP contribution in [0.4, 0.5) is 10.5 Å². The van der Waals surface area contributed by atoms with Gasteiger partial charge in [-0.1, -0.05) is 41.9 Å². The summed E-state index contributed by atoms with van der Waals surface area (Å²) in [6, 6.07) is 12.6. The van der Waals surface area contributed by atoms with Crippen LogP contribution in [0.5, 0.6) is 0 Å². The third kappa shape index (κ3) is 4.87. The monoisotopic (exact) mass is 353 g/mol. The van der Waals surface area contributed by atoms with Crippen LogP contribution in [-0.2, 0) is 16.4 Å². The van der Waals surface area contributed by atoms with Crippen LogP contribution < -0.4 is 15.8 Å². The van der Waals surface area contributed by atoms with Crippen molar-refractivity contribution in [1.82, 2.24) is 10.0 Å². The van der Waals surface area contributed by atoms with Crippen molar-refractivity contribution in [2.24, 2.45) is 0 Å². The van der Waals surface area contributed by atoms with Gasteiger partial charge in [0.25, 0.3) is 10.0 Å². The van der Waals surface area contributed by atoms with Gasteiger partial charge in [-0.2, -0.15) is 0 Å². The van der Waals surface area contributed by atoms with Gasteiger partial charge in [-0.25, -0.2) is 17.9 Å². The fourth-order valence-electron chi connectivity index (χ4n) is 1.86. The highest BCUT2D eigenvalue weighted by Crippen LogP contribution is 2.22. The summed E-state index contributed by atoms with van der Waals surface area (Å²) in [5.74, 6) is 0. The summed E-state index contributed by atoms with van der Waals surface area (Å²) in [7, 11) is -4.00. The number of amides is 2. The van der Waals surface area contributed by atoms with Crippen molar-refractivity contribution in [1.29, 1.82) is 0 Å². The fourth-order valence-corrected chi connectivity index (χ4v) is 3.06. The maximum Gasteiger partial charge on any atom is 0.328 e. The summed E-state index contributed by atoms with van der Waals surface area (Å²) in [6.45, 7) is 0.313. The van der Waals surface area contributed by atoms with Gasteiger partial charge in [0.05, 0.1) is 15.6 Å².